The molecule has 5 heteroatoms. The average molecular weight is 300 g/mol. The van der Waals surface area contributed by atoms with Crippen molar-refractivity contribution in [3.63, 3.8) is 0 Å². The minimum atomic E-state index is -3.69. The summed E-state index contributed by atoms with van der Waals surface area (Å²) in [6, 6.07) is 13.5. The minimum Gasteiger partial charge on any atom is -0.255 e. The monoisotopic (exact) mass is 300 g/mol. The molecule has 0 bridgehead atoms. The molecule has 0 radical (unpaired) electrons. The lowest BCUT2D eigenvalue weighted by molar-refractivity contribution is 0.597. The zero-order chi connectivity index (χ0) is 14.9. The van der Waals surface area contributed by atoms with Crippen LogP contribution in [0, 0.1) is 0 Å². The van der Waals surface area contributed by atoms with Crippen LogP contribution in [-0.2, 0) is 10.0 Å². The Morgan fingerprint density at radius 2 is 1.67 bits per heavy atom. The first-order valence-corrected chi connectivity index (χ1v) is 8.37. The van der Waals surface area contributed by atoms with Gasteiger partial charge in [0.2, 0.25) is 10.0 Å². The second kappa shape index (κ2) is 5.42. The molecule has 0 spiro atoms. The van der Waals surface area contributed by atoms with Crippen LogP contribution in [0.4, 0.5) is 0 Å². The van der Waals surface area contributed by atoms with E-state index in [9.17, 15) is 8.42 Å². The summed E-state index contributed by atoms with van der Waals surface area (Å²) in [5.41, 5.74) is 4.54. The van der Waals surface area contributed by atoms with E-state index in [1.165, 1.54) is 29.0 Å². The topological polar surface area (TPSA) is 73.1 Å². The summed E-state index contributed by atoms with van der Waals surface area (Å²) in [5, 5.41) is 5.10. The minimum absolute atomic E-state index is 0.0473. The van der Waals surface area contributed by atoms with Crippen molar-refractivity contribution < 1.29 is 8.42 Å². The number of allylic oxidation sites excluding steroid dienone is 2. The summed E-state index contributed by atoms with van der Waals surface area (Å²) in [7, 11) is -3.69. The third-order valence-electron chi connectivity index (χ3n) is 3.71. The third-order valence-corrected chi connectivity index (χ3v) is 4.61. The van der Waals surface area contributed by atoms with Gasteiger partial charge in [0.25, 0.3) is 0 Å². The van der Waals surface area contributed by atoms with Crippen molar-refractivity contribution in [1.29, 1.82) is 0 Å². The molecule has 0 saturated heterocycles. The van der Waals surface area contributed by atoms with Gasteiger partial charge >= 0.3 is 0 Å². The summed E-state index contributed by atoms with van der Waals surface area (Å²) >= 11 is 0. The number of primary sulfonamides is 1. The molecule has 0 unspecified atom stereocenters. The molecule has 0 fully saturated rings. The molecule has 1 aromatic carbocycles. The van der Waals surface area contributed by atoms with Crippen LogP contribution in [0.25, 0.3) is 11.1 Å². The van der Waals surface area contributed by atoms with Crippen LogP contribution < -0.4 is 5.14 Å². The van der Waals surface area contributed by atoms with E-state index < -0.39 is 10.0 Å². The highest BCUT2D eigenvalue weighted by atomic mass is 32.2. The first kappa shape index (κ1) is 14.0. The van der Waals surface area contributed by atoms with Gasteiger partial charge < -0.3 is 0 Å². The van der Waals surface area contributed by atoms with Crippen LogP contribution in [-0.4, -0.2) is 13.4 Å². The highest BCUT2D eigenvalue weighted by molar-refractivity contribution is 7.89. The number of benzene rings is 1. The molecule has 1 aromatic heterocycles. The van der Waals surface area contributed by atoms with Crippen molar-refractivity contribution in [2.75, 3.05) is 0 Å². The van der Waals surface area contributed by atoms with Crippen molar-refractivity contribution >= 4 is 21.2 Å². The lowest BCUT2D eigenvalue weighted by Gasteiger charge is -2.08. The van der Waals surface area contributed by atoms with E-state index in [1.54, 1.807) is 6.07 Å². The molecular formula is C16H16N2O2S. The summed E-state index contributed by atoms with van der Waals surface area (Å²) in [4.78, 5) is 4.33. The Morgan fingerprint density at radius 1 is 0.952 bits per heavy atom. The van der Waals surface area contributed by atoms with Crippen molar-refractivity contribution in [3.8, 4) is 0 Å². The van der Waals surface area contributed by atoms with Gasteiger partial charge in [-0.05, 0) is 48.1 Å². The first-order valence-electron chi connectivity index (χ1n) is 6.82. The Bertz CT molecular complexity index is 779. The number of nitrogens with two attached hydrogens (primary N) is 1. The maximum absolute atomic E-state index is 11.3. The van der Waals surface area contributed by atoms with E-state index in [1.807, 2.05) is 18.2 Å². The maximum atomic E-state index is 11.3. The van der Waals surface area contributed by atoms with E-state index in [0.717, 1.165) is 25.0 Å². The summed E-state index contributed by atoms with van der Waals surface area (Å²) in [5.74, 6) is 0. The zero-order valence-electron chi connectivity index (χ0n) is 11.5. The Hall–Kier alpha value is -1.98. The van der Waals surface area contributed by atoms with E-state index >= 15 is 0 Å². The fraction of sp³-hybridized carbons (Fsp3) is 0.188. The van der Waals surface area contributed by atoms with Gasteiger partial charge in [-0.1, -0.05) is 30.3 Å². The van der Waals surface area contributed by atoms with Crippen LogP contribution in [0.5, 0.6) is 0 Å². The molecule has 0 atom stereocenters. The molecule has 0 amide bonds. The molecule has 21 heavy (non-hydrogen) atoms. The van der Waals surface area contributed by atoms with Crippen LogP contribution in [0.3, 0.4) is 0 Å². The van der Waals surface area contributed by atoms with Crippen LogP contribution in [0.1, 0.15) is 30.5 Å². The molecule has 0 saturated carbocycles. The number of hydrogen-bond donors (Lipinski definition) is 1. The number of aromatic nitrogens is 1. The Balaban J connectivity index is 2.03. The Kier molecular flexibility index (Phi) is 3.61. The molecule has 2 aromatic rings. The lowest BCUT2D eigenvalue weighted by atomic mass is 10.0. The Morgan fingerprint density at radius 3 is 2.29 bits per heavy atom. The second-order valence-electron chi connectivity index (χ2n) is 5.10. The number of rotatable bonds is 3. The van der Waals surface area contributed by atoms with Gasteiger partial charge in [0.05, 0.1) is 5.69 Å². The molecule has 0 aliphatic heterocycles. The number of hydrogen-bond acceptors (Lipinski definition) is 3. The fourth-order valence-electron chi connectivity index (χ4n) is 2.71. The van der Waals surface area contributed by atoms with Crippen LogP contribution in [0.2, 0.25) is 0 Å². The second-order valence-corrected chi connectivity index (χ2v) is 6.66. The molecule has 108 valence electrons. The molecule has 4 nitrogen and oxygen atoms in total. The van der Waals surface area contributed by atoms with Gasteiger partial charge in [0.15, 0.2) is 0 Å². The smallest absolute Gasteiger partial charge is 0.239 e. The predicted molar refractivity (Wildman–Crippen MR) is 82.7 cm³/mol. The van der Waals surface area contributed by atoms with Gasteiger partial charge in [-0.3, -0.25) is 4.98 Å². The van der Waals surface area contributed by atoms with Crippen molar-refractivity contribution in [1.82, 2.24) is 4.98 Å². The average Bonchev–Trinajstić information content (AvgIpc) is 2.97. The number of nitrogens with zero attached hydrogens (tertiary/aromatic N) is 1. The predicted octanol–water partition coefficient (Wildman–Crippen LogP) is 2.82. The molecule has 3 rings (SSSR count). The van der Waals surface area contributed by atoms with Gasteiger partial charge in [0.1, 0.15) is 4.90 Å². The molecule has 1 heterocycles. The highest BCUT2D eigenvalue weighted by Crippen LogP contribution is 2.38. The Labute approximate surface area is 124 Å². The lowest BCUT2D eigenvalue weighted by Crippen LogP contribution is -2.12. The third kappa shape index (κ3) is 2.89. The van der Waals surface area contributed by atoms with Crippen LogP contribution >= 0.6 is 0 Å². The number of pyridine rings is 1. The van der Waals surface area contributed by atoms with E-state index in [2.05, 4.69) is 17.1 Å². The molecule has 1 aliphatic rings. The normalized spacial score (nSPS) is 15.5. The quantitative estimate of drug-likeness (QED) is 0.947. The van der Waals surface area contributed by atoms with E-state index in [-0.39, 0.29) is 4.90 Å². The van der Waals surface area contributed by atoms with Crippen LogP contribution in [0.15, 0.2) is 53.6 Å². The SMILES string of the molecule is NS(=O)(=O)c1ccc(C2=C(c3ccccc3)CCC2)nc1. The van der Waals surface area contributed by atoms with Gasteiger partial charge in [-0.15, -0.1) is 0 Å². The molecule has 2 N–H and O–H groups in total. The highest BCUT2D eigenvalue weighted by Gasteiger charge is 2.19. The molecular weight excluding hydrogens is 284 g/mol. The van der Waals surface area contributed by atoms with Gasteiger partial charge in [-0.25, -0.2) is 13.6 Å². The summed E-state index contributed by atoms with van der Waals surface area (Å²) < 4.78 is 22.6. The zero-order valence-corrected chi connectivity index (χ0v) is 12.3. The van der Waals surface area contributed by atoms with E-state index in [4.69, 9.17) is 5.14 Å². The standard InChI is InChI=1S/C16H16N2O2S/c17-21(19,20)13-9-10-16(18-11-13)15-8-4-7-14(15)12-5-2-1-3-6-12/h1-3,5-6,9-11H,4,7-8H2,(H2,17,19,20). The summed E-state index contributed by atoms with van der Waals surface area (Å²) in [6.07, 6.45) is 4.42. The van der Waals surface area contributed by atoms with Gasteiger partial charge in [-0.2, -0.15) is 0 Å². The van der Waals surface area contributed by atoms with Crippen molar-refractivity contribution in [2.45, 2.75) is 24.2 Å². The van der Waals surface area contributed by atoms with Crippen molar-refractivity contribution in [2.24, 2.45) is 5.14 Å². The maximum Gasteiger partial charge on any atom is 0.239 e. The molecule has 1 aliphatic carbocycles. The van der Waals surface area contributed by atoms with Gasteiger partial charge in [0, 0.05) is 6.20 Å². The first-order chi connectivity index (χ1) is 10.1. The summed E-state index contributed by atoms with van der Waals surface area (Å²) in [6.45, 7) is 0. The largest absolute Gasteiger partial charge is 0.255 e. The fourth-order valence-corrected chi connectivity index (χ4v) is 3.17. The number of sulfonamides is 1. The van der Waals surface area contributed by atoms with E-state index in [0.29, 0.717) is 0 Å². The van der Waals surface area contributed by atoms with Crippen molar-refractivity contribution in [3.05, 3.63) is 59.9 Å².